The summed E-state index contributed by atoms with van der Waals surface area (Å²) in [4.78, 5) is 23.4. The average molecular weight is 700 g/mol. The van der Waals surface area contributed by atoms with Crippen molar-refractivity contribution in [2.45, 2.75) is 56.2 Å². The Morgan fingerprint density at radius 3 is 2.49 bits per heavy atom. The van der Waals surface area contributed by atoms with Crippen LogP contribution < -0.4 is 9.64 Å². The third-order valence-electron chi connectivity index (χ3n) is 7.66. The van der Waals surface area contributed by atoms with E-state index >= 15 is 0 Å². The Kier molecular flexibility index (Phi) is 9.97. The molecular weight excluding hydrogens is 664 g/mol. The van der Waals surface area contributed by atoms with Gasteiger partial charge in [0.1, 0.15) is 24.4 Å². The lowest BCUT2D eigenvalue weighted by Gasteiger charge is -2.39. The van der Waals surface area contributed by atoms with Crippen molar-refractivity contribution in [3.8, 4) is 16.9 Å². The summed E-state index contributed by atoms with van der Waals surface area (Å²) in [6.45, 7) is 6.59. The van der Waals surface area contributed by atoms with Crippen molar-refractivity contribution < 1.29 is 28.2 Å². The third kappa shape index (κ3) is 8.11. The molecule has 1 saturated heterocycles. The van der Waals surface area contributed by atoms with Gasteiger partial charge >= 0.3 is 5.97 Å². The van der Waals surface area contributed by atoms with E-state index in [1.807, 2.05) is 31.2 Å². The fourth-order valence-corrected chi connectivity index (χ4v) is 5.80. The highest BCUT2D eigenvalue weighted by molar-refractivity contribution is 14.1. The summed E-state index contributed by atoms with van der Waals surface area (Å²) in [6, 6.07) is 14.2. The number of aryl methyl sites for hydroxylation is 1. The van der Waals surface area contributed by atoms with Gasteiger partial charge in [0.05, 0.1) is 37.2 Å². The van der Waals surface area contributed by atoms with E-state index in [0.717, 1.165) is 59.6 Å². The molecule has 10 heteroatoms. The maximum absolute atomic E-state index is 13.2. The second-order valence-corrected chi connectivity index (χ2v) is 13.6. The molecule has 1 N–H and O–H groups in total. The first-order valence-electron chi connectivity index (χ1n) is 14.3. The Balaban J connectivity index is 1.47. The molecule has 4 aromatic rings. The first kappa shape index (κ1) is 30.9. The third-order valence-corrected chi connectivity index (χ3v) is 8.74. The van der Waals surface area contributed by atoms with E-state index in [-0.39, 0.29) is 28.9 Å². The number of pyridine rings is 1. The van der Waals surface area contributed by atoms with Crippen LogP contribution in [0.25, 0.3) is 11.1 Å². The molecule has 0 saturated carbocycles. The van der Waals surface area contributed by atoms with Crippen LogP contribution in [0.15, 0.2) is 65.4 Å². The smallest absolute Gasteiger partial charge is 0.307 e. The molecular formula is C33H35FIN3O5. The number of carbonyl (C=O) groups is 1. The minimum atomic E-state index is -0.898. The van der Waals surface area contributed by atoms with Gasteiger partial charge in [-0.3, -0.25) is 9.78 Å². The molecule has 1 aliphatic rings. The van der Waals surface area contributed by atoms with Crippen LogP contribution in [-0.4, -0.2) is 44.2 Å². The van der Waals surface area contributed by atoms with E-state index in [9.17, 15) is 14.3 Å². The number of hydrogen-bond acceptors (Lipinski definition) is 7. The summed E-state index contributed by atoms with van der Waals surface area (Å²) in [5.41, 5.74) is 5.79. The van der Waals surface area contributed by atoms with Crippen molar-refractivity contribution in [2.75, 3.05) is 24.6 Å². The number of ether oxygens (including phenoxy) is 2. The molecule has 0 bridgehead atoms. The number of aromatic nitrogens is 2. The minimum Gasteiger partial charge on any atom is -0.493 e. The number of alkyl halides is 1. The van der Waals surface area contributed by atoms with Crippen LogP contribution in [0.1, 0.15) is 48.2 Å². The maximum atomic E-state index is 13.2. The molecule has 226 valence electrons. The lowest BCUT2D eigenvalue weighted by atomic mass is 9.92. The predicted octanol–water partition coefficient (Wildman–Crippen LogP) is 6.94. The van der Waals surface area contributed by atoms with Crippen LogP contribution in [0, 0.1) is 12.7 Å². The molecule has 1 fully saturated rings. The zero-order valence-corrected chi connectivity index (χ0v) is 26.5. The van der Waals surface area contributed by atoms with Gasteiger partial charge in [0.2, 0.25) is 5.89 Å². The minimum absolute atomic E-state index is 0.124. The van der Waals surface area contributed by atoms with Gasteiger partial charge in [-0.15, -0.1) is 0 Å². The van der Waals surface area contributed by atoms with Crippen LogP contribution in [0.3, 0.4) is 0 Å². The van der Waals surface area contributed by atoms with E-state index in [1.54, 1.807) is 18.3 Å². The zero-order chi connectivity index (χ0) is 30.4. The number of rotatable bonds is 12. The molecule has 0 aliphatic carbocycles. The van der Waals surface area contributed by atoms with Gasteiger partial charge in [-0.1, -0.05) is 53.8 Å². The molecule has 1 aliphatic heterocycles. The normalized spacial score (nSPS) is 14.6. The van der Waals surface area contributed by atoms with Gasteiger partial charge in [0.25, 0.3) is 0 Å². The van der Waals surface area contributed by atoms with E-state index in [2.05, 4.69) is 39.4 Å². The van der Waals surface area contributed by atoms with Crippen LogP contribution in [0.2, 0.25) is 0 Å². The molecule has 0 radical (unpaired) electrons. The number of halogens is 2. The number of oxazole rings is 1. The Bertz CT molecular complexity index is 1520. The summed E-state index contributed by atoms with van der Waals surface area (Å²) in [7, 11) is 0. The second kappa shape index (κ2) is 13.9. The lowest BCUT2D eigenvalue weighted by molar-refractivity contribution is -0.136. The van der Waals surface area contributed by atoms with E-state index in [4.69, 9.17) is 18.9 Å². The maximum Gasteiger partial charge on any atom is 0.307 e. The summed E-state index contributed by atoms with van der Waals surface area (Å²) in [5.74, 6) is 0.0247. The average Bonchev–Trinajstić information content (AvgIpc) is 3.49. The first-order valence-corrected chi connectivity index (χ1v) is 15.4. The van der Waals surface area contributed by atoms with Crippen LogP contribution in [0.4, 0.5) is 10.1 Å². The number of carboxylic acid groups (broad SMARTS) is 1. The van der Waals surface area contributed by atoms with Crippen molar-refractivity contribution in [1.82, 2.24) is 9.97 Å². The summed E-state index contributed by atoms with van der Waals surface area (Å²) >= 11 is 2.53. The molecule has 2 aromatic carbocycles. The molecule has 5 rings (SSSR count). The van der Waals surface area contributed by atoms with Gasteiger partial charge in [-0.25, -0.2) is 9.37 Å². The molecule has 3 heterocycles. The van der Waals surface area contributed by atoms with Crippen molar-refractivity contribution in [3.63, 3.8) is 0 Å². The fourth-order valence-electron chi connectivity index (χ4n) is 5.32. The number of anilines is 1. The van der Waals surface area contributed by atoms with Crippen LogP contribution >= 0.6 is 22.6 Å². The van der Waals surface area contributed by atoms with Crippen LogP contribution in [0.5, 0.6) is 5.75 Å². The Labute approximate surface area is 264 Å². The highest BCUT2D eigenvalue weighted by Crippen LogP contribution is 2.42. The number of carboxylic acids is 1. The fraction of sp³-hybridized carbons (Fsp3) is 0.364. The molecule has 2 aromatic heterocycles. The van der Waals surface area contributed by atoms with Crippen LogP contribution in [-0.2, 0) is 35.6 Å². The zero-order valence-electron chi connectivity index (χ0n) is 24.3. The monoisotopic (exact) mass is 699 g/mol. The molecule has 8 nitrogen and oxygen atoms in total. The van der Waals surface area contributed by atoms with Gasteiger partial charge in [-0.2, -0.15) is 0 Å². The second-order valence-electron chi connectivity index (χ2n) is 11.0. The summed E-state index contributed by atoms with van der Waals surface area (Å²) in [5, 5.41) is 9.87. The summed E-state index contributed by atoms with van der Waals surface area (Å²) < 4.78 is 30.7. The number of aliphatic carboxylic acids is 1. The van der Waals surface area contributed by atoms with E-state index < -0.39 is 5.97 Å². The molecule has 0 amide bonds. The van der Waals surface area contributed by atoms with E-state index in [0.29, 0.717) is 30.4 Å². The highest BCUT2D eigenvalue weighted by Gasteiger charge is 2.31. The van der Waals surface area contributed by atoms with Crippen molar-refractivity contribution in [2.24, 2.45) is 0 Å². The molecule has 0 spiro atoms. The molecule has 0 unspecified atom stereocenters. The summed E-state index contributed by atoms with van der Waals surface area (Å²) in [6.07, 6.45) is 5.58. The largest absolute Gasteiger partial charge is 0.493 e. The SMILES string of the molecule is Cc1nc(COCc2ncco2)c(-c2ccc(OCCc3ccc(F)cc3)cc2)c(N2CCC(C)(I)CC2)c1CC(=O)O. The van der Waals surface area contributed by atoms with Gasteiger partial charge in [0, 0.05) is 39.8 Å². The van der Waals surface area contributed by atoms with Gasteiger partial charge < -0.3 is 23.9 Å². The molecule has 43 heavy (non-hydrogen) atoms. The van der Waals surface area contributed by atoms with Crippen molar-refractivity contribution >= 4 is 34.2 Å². The number of benzene rings is 2. The lowest BCUT2D eigenvalue weighted by Crippen LogP contribution is -2.40. The van der Waals surface area contributed by atoms with Gasteiger partial charge in [0.15, 0.2) is 0 Å². The van der Waals surface area contributed by atoms with Gasteiger partial charge in [-0.05, 0) is 55.2 Å². The molecule has 0 atom stereocenters. The number of piperidine rings is 1. The Morgan fingerprint density at radius 2 is 1.84 bits per heavy atom. The van der Waals surface area contributed by atoms with Crippen molar-refractivity contribution in [1.29, 1.82) is 0 Å². The first-order chi connectivity index (χ1) is 20.7. The number of nitrogens with zero attached hydrogens (tertiary/aromatic N) is 3. The van der Waals surface area contributed by atoms with Crippen molar-refractivity contribution in [3.05, 3.63) is 95.2 Å². The quantitative estimate of drug-likeness (QED) is 0.126. The number of hydrogen-bond donors (Lipinski definition) is 1. The van der Waals surface area contributed by atoms with E-state index in [1.165, 1.54) is 18.4 Å². The standard InChI is InChI=1S/C33H35FIN3O5/c1-22-27(19-30(39)40)32(38-15-12-33(2,35)13-16-38)31(28(37-22)20-41-21-29-36-14-18-43-29)24-5-9-26(10-6-24)42-17-11-23-3-7-25(34)8-4-23/h3-10,14,18H,11-13,15-17,19-21H2,1-2H3,(H,39,40). The Morgan fingerprint density at radius 1 is 1.12 bits per heavy atom. The predicted molar refractivity (Wildman–Crippen MR) is 170 cm³/mol. The topological polar surface area (TPSA) is 97.9 Å². The highest BCUT2D eigenvalue weighted by atomic mass is 127. The Hall–Kier alpha value is -3.51.